The monoisotopic (exact) mass is 224 g/mol. The van der Waals surface area contributed by atoms with Crippen LogP contribution in [0.3, 0.4) is 0 Å². The summed E-state index contributed by atoms with van der Waals surface area (Å²) >= 11 is 0. The topological polar surface area (TPSA) is 63.6 Å². The van der Waals surface area contributed by atoms with Crippen LogP contribution in [0.25, 0.3) is 0 Å². The van der Waals surface area contributed by atoms with Gasteiger partial charge in [0, 0.05) is 5.75 Å². The molecule has 0 amide bonds. The minimum Gasteiger partial charge on any atom is -0.518 e. The van der Waals surface area contributed by atoms with Gasteiger partial charge in [0.1, 0.15) is 12.4 Å². The first-order chi connectivity index (χ1) is 6.08. The van der Waals surface area contributed by atoms with E-state index in [1.165, 1.54) is 0 Å². The minimum absolute atomic E-state index is 0. The van der Waals surface area contributed by atoms with Crippen LogP contribution in [0.2, 0.25) is 0 Å². The van der Waals surface area contributed by atoms with Crippen molar-refractivity contribution in [1.82, 2.24) is 0 Å². The van der Waals surface area contributed by atoms with Gasteiger partial charge in [-0.1, -0.05) is 0 Å². The number of benzene rings is 1. The number of hydrogen-bond donors (Lipinski definition) is 1. The van der Waals surface area contributed by atoms with Gasteiger partial charge in [-0.15, -0.1) is 12.1 Å². The van der Waals surface area contributed by atoms with Crippen LogP contribution < -0.4 is 34.3 Å². The van der Waals surface area contributed by atoms with E-state index in [0.29, 0.717) is 5.75 Å². The summed E-state index contributed by atoms with van der Waals surface area (Å²) in [6, 6.07) is 9.42. The van der Waals surface area contributed by atoms with Gasteiger partial charge in [-0.2, -0.15) is 26.6 Å². The van der Waals surface area contributed by atoms with Gasteiger partial charge in [-0.05, 0) is 0 Å². The van der Waals surface area contributed by atoms with Crippen molar-refractivity contribution >= 4 is 10.1 Å². The molecule has 14 heavy (non-hydrogen) atoms. The van der Waals surface area contributed by atoms with Crippen LogP contribution in [0.5, 0.6) is 5.75 Å². The number of rotatable bonds is 4. The summed E-state index contributed by atoms with van der Waals surface area (Å²) < 4.78 is 34.0. The van der Waals surface area contributed by atoms with Crippen LogP contribution >= 0.6 is 0 Å². The van der Waals surface area contributed by atoms with E-state index in [-0.39, 0.29) is 36.2 Å². The summed E-state index contributed by atoms with van der Waals surface area (Å²) in [6.45, 7) is -0.0527. The molecule has 0 unspecified atom stereocenters. The predicted molar refractivity (Wildman–Crippen MR) is 47.2 cm³/mol. The van der Waals surface area contributed by atoms with Crippen LogP contribution in [0.15, 0.2) is 24.3 Å². The van der Waals surface area contributed by atoms with E-state index in [9.17, 15) is 8.42 Å². The maximum atomic E-state index is 10.3. The standard InChI is InChI=1S/C8H9O4S.Na/c9-13(10,11)7-6-12-8-4-2-1-3-5-8;/h2-5H,6-7H2,(H,9,10,11);/q-1;+1. The molecule has 0 spiro atoms. The van der Waals surface area contributed by atoms with E-state index in [2.05, 4.69) is 6.07 Å². The second kappa shape index (κ2) is 6.42. The average Bonchev–Trinajstić information content (AvgIpc) is 2.04. The smallest absolute Gasteiger partial charge is 0.518 e. The molecule has 1 N–H and O–H groups in total. The third-order valence-corrected chi connectivity index (χ3v) is 1.98. The summed E-state index contributed by atoms with van der Waals surface area (Å²) in [5.74, 6) is 0.161. The first-order valence-electron chi connectivity index (χ1n) is 3.62. The molecule has 0 saturated heterocycles. The minimum atomic E-state index is -3.93. The zero-order valence-corrected chi connectivity index (χ0v) is 10.6. The maximum Gasteiger partial charge on any atom is 1.00 e. The van der Waals surface area contributed by atoms with Crippen molar-refractivity contribution in [1.29, 1.82) is 0 Å². The fourth-order valence-corrected chi connectivity index (χ4v) is 1.03. The van der Waals surface area contributed by atoms with Gasteiger partial charge >= 0.3 is 29.6 Å². The van der Waals surface area contributed by atoms with E-state index in [1.54, 1.807) is 24.3 Å². The Balaban J connectivity index is 0.00000169. The summed E-state index contributed by atoms with van der Waals surface area (Å²) in [5, 5.41) is 0. The van der Waals surface area contributed by atoms with Crippen LogP contribution in [0.4, 0.5) is 0 Å². The van der Waals surface area contributed by atoms with Gasteiger partial charge in [-0.25, -0.2) is 0 Å². The normalized spacial score (nSPS) is 10.4. The summed E-state index contributed by atoms with van der Waals surface area (Å²) in [5.41, 5.74) is 0. The third kappa shape index (κ3) is 6.39. The molecule has 1 rings (SSSR count). The molecule has 0 fully saturated rings. The van der Waals surface area contributed by atoms with Crippen molar-refractivity contribution in [3.63, 3.8) is 0 Å². The molecule has 0 aliphatic carbocycles. The summed E-state index contributed by atoms with van der Waals surface area (Å²) in [6.07, 6.45) is 0. The van der Waals surface area contributed by atoms with Crippen molar-refractivity contribution in [2.24, 2.45) is 0 Å². The van der Waals surface area contributed by atoms with Crippen LogP contribution in [0.1, 0.15) is 0 Å². The Morgan fingerprint density at radius 1 is 1.36 bits per heavy atom. The molecule has 0 saturated carbocycles. The van der Waals surface area contributed by atoms with Crippen molar-refractivity contribution in [3.8, 4) is 5.75 Å². The fourth-order valence-electron chi connectivity index (χ4n) is 0.733. The first kappa shape index (κ1) is 13.9. The Morgan fingerprint density at radius 3 is 2.43 bits per heavy atom. The van der Waals surface area contributed by atoms with E-state index < -0.39 is 15.9 Å². The summed E-state index contributed by atoms with van der Waals surface area (Å²) in [4.78, 5) is 0. The van der Waals surface area contributed by atoms with Crippen molar-refractivity contribution in [2.75, 3.05) is 12.4 Å². The van der Waals surface area contributed by atoms with Gasteiger partial charge in [0.2, 0.25) is 0 Å². The number of ether oxygens (including phenoxy) is 1. The molecule has 1 aromatic carbocycles. The molecule has 0 radical (unpaired) electrons. The molecule has 0 bridgehead atoms. The van der Waals surface area contributed by atoms with Crippen LogP contribution in [0, 0.1) is 6.07 Å². The second-order valence-corrected chi connectivity index (χ2v) is 3.94. The van der Waals surface area contributed by atoms with E-state index in [0.717, 1.165) is 0 Å². The molecule has 0 aliphatic heterocycles. The van der Waals surface area contributed by atoms with E-state index in [1.807, 2.05) is 0 Å². The molecule has 0 atom stereocenters. The average molecular weight is 224 g/mol. The molecule has 4 nitrogen and oxygen atoms in total. The van der Waals surface area contributed by atoms with Crippen molar-refractivity contribution in [2.45, 2.75) is 0 Å². The molecule has 0 aliphatic rings. The fraction of sp³-hybridized carbons (Fsp3) is 0.250. The predicted octanol–water partition coefficient (Wildman–Crippen LogP) is -2.24. The second-order valence-electron chi connectivity index (χ2n) is 2.37. The molecular weight excluding hydrogens is 215 g/mol. The largest absolute Gasteiger partial charge is 1.00 e. The maximum absolute atomic E-state index is 10.3. The molecule has 6 heteroatoms. The zero-order chi connectivity index (χ0) is 9.73. The quantitative estimate of drug-likeness (QED) is 0.357. The Labute approximate surface area is 105 Å². The number of hydrogen-bond acceptors (Lipinski definition) is 3. The van der Waals surface area contributed by atoms with Gasteiger partial charge < -0.3 is 4.74 Å². The molecular formula is C8H9NaO4S. The SMILES string of the molecule is O=S(=O)(O)CCOc1cc[c-]cc1.[Na+]. The summed E-state index contributed by atoms with van der Waals surface area (Å²) in [7, 11) is -3.93. The van der Waals surface area contributed by atoms with Crippen LogP contribution in [-0.2, 0) is 10.1 Å². The first-order valence-corrected chi connectivity index (χ1v) is 5.23. The Morgan fingerprint density at radius 2 is 1.93 bits per heavy atom. The third-order valence-electron chi connectivity index (χ3n) is 1.30. The van der Waals surface area contributed by atoms with Crippen molar-refractivity contribution in [3.05, 3.63) is 30.3 Å². The molecule has 72 valence electrons. The molecule has 0 heterocycles. The van der Waals surface area contributed by atoms with E-state index >= 15 is 0 Å². The Hall–Kier alpha value is -0.0700. The zero-order valence-electron chi connectivity index (χ0n) is 7.80. The van der Waals surface area contributed by atoms with Gasteiger partial charge in [-0.3, -0.25) is 4.55 Å². The van der Waals surface area contributed by atoms with E-state index in [4.69, 9.17) is 9.29 Å². The molecule has 0 aromatic heterocycles. The van der Waals surface area contributed by atoms with Crippen molar-refractivity contribution < 1.29 is 47.3 Å². The Bertz CT molecular complexity index is 349. The van der Waals surface area contributed by atoms with Gasteiger partial charge in [0.05, 0.1) is 0 Å². The Kier molecular flexibility index (Phi) is 6.39. The molecule has 1 aromatic rings. The van der Waals surface area contributed by atoms with Gasteiger partial charge in [0.15, 0.2) is 0 Å². The van der Waals surface area contributed by atoms with Gasteiger partial charge in [0.25, 0.3) is 10.1 Å². The van der Waals surface area contributed by atoms with Crippen LogP contribution in [-0.4, -0.2) is 25.3 Å².